The van der Waals surface area contributed by atoms with Gasteiger partial charge in [0.05, 0.1) is 11.1 Å². The summed E-state index contributed by atoms with van der Waals surface area (Å²) in [4.78, 5) is 22.5. The Kier molecular flexibility index (Phi) is 5.03. The number of nitrogens with one attached hydrogen (secondary N) is 1. The van der Waals surface area contributed by atoms with Crippen molar-refractivity contribution >= 4 is 22.0 Å². The van der Waals surface area contributed by atoms with Crippen molar-refractivity contribution < 1.29 is 27.7 Å². The van der Waals surface area contributed by atoms with E-state index in [-0.39, 0.29) is 23.2 Å². The molecule has 0 bridgehead atoms. The quantitative estimate of drug-likeness (QED) is 0.587. The molecule has 0 atom stereocenters. The molecule has 1 saturated carbocycles. The number of aromatic carboxylic acids is 1. The SMILES string of the molecule is NC1CCC(NC(=O)c2ccc(C(=O)O)cc2S(=O)(=O)O)CC1. The van der Waals surface area contributed by atoms with Crippen molar-refractivity contribution in [1.29, 1.82) is 0 Å². The van der Waals surface area contributed by atoms with Crippen LogP contribution in [0.15, 0.2) is 23.1 Å². The van der Waals surface area contributed by atoms with Crippen molar-refractivity contribution in [2.45, 2.75) is 42.7 Å². The molecule has 0 unspecified atom stereocenters. The normalized spacial score (nSPS) is 21.7. The minimum atomic E-state index is -4.73. The van der Waals surface area contributed by atoms with Gasteiger partial charge in [-0.05, 0) is 43.9 Å². The Morgan fingerprint density at radius 2 is 1.78 bits per heavy atom. The second-order valence-corrected chi connectivity index (χ2v) is 6.97. The third-order valence-corrected chi connectivity index (χ3v) is 4.75. The number of amides is 1. The molecule has 0 aliphatic heterocycles. The zero-order valence-corrected chi connectivity index (χ0v) is 13.0. The highest BCUT2D eigenvalue weighted by molar-refractivity contribution is 7.86. The highest BCUT2D eigenvalue weighted by atomic mass is 32.2. The number of carboxylic acids is 1. The van der Waals surface area contributed by atoms with Gasteiger partial charge in [-0.15, -0.1) is 0 Å². The molecule has 1 aliphatic carbocycles. The maximum atomic E-state index is 12.3. The minimum Gasteiger partial charge on any atom is -0.478 e. The number of carbonyl (C=O) groups is 2. The van der Waals surface area contributed by atoms with Crippen molar-refractivity contribution in [1.82, 2.24) is 5.32 Å². The summed E-state index contributed by atoms with van der Waals surface area (Å²) < 4.78 is 32.1. The molecule has 0 saturated heterocycles. The second kappa shape index (κ2) is 6.65. The molecule has 1 aliphatic rings. The van der Waals surface area contributed by atoms with Crippen LogP contribution in [-0.2, 0) is 10.1 Å². The molecule has 9 heteroatoms. The van der Waals surface area contributed by atoms with E-state index in [2.05, 4.69) is 5.32 Å². The Morgan fingerprint density at radius 1 is 1.17 bits per heavy atom. The smallest absolute Gasteiger partial charge is 0.335 e. The summed E-state index contributed by atoms with van der Waals surface area (Å²) in [6, 6.07) is 2.93. The number of benzene rings is 1. The van der Waals surface area contributed by atoms with Gasteiger partial charge in [0.15, 0.2) is 0 Å². The van der Waals surface area contributed by atoms with Gasteiger partial charge >= 0.3 is 5.97 Å². The standard InChI is InChI=1S/C14H18N2O6S/c15-9-2-4-10(5-3-9)16-13(17)11-6-1-8(14(18)19)7-12(11)23(20,21)22/h1,6-7,9-10H,2-5,15H2,(H,16,17)(H,18,19)(H,20,21,22). The molecule has 5 N–H and O–H groups in total. The van der Waals surface area contributed by atoms with Crippen LogP contribution in [0.2, 0.25) is 0 Å². The van der Waals surface area contributed by atoms with Crippen LogP contribution in [-0.4, -0.2) is 42.0 Å². The van der Waals surface area contributed by atoms with Gasteiger partial charge in [-0.25, -0.2) is 4.79 Å². The van der Waals surface area contributed by atoms with Crippen LogP contribution < -0.4 is 11.1 Å². The maximum Gasteiger partial charge on any atom is 0.335 e. The van der Waals surface area contributed by atoms with Crippen molar-refractivity contribution in [2.75, 3.05) is 0 Å². The first-order chi connectivity index (χ1) is 10.7. The van der Waals surface area contributed by atoms with Crippen LogP contribution in [0.25, 0.3) is 0 Å². The number of nitrogens with two attached hydrogens (primary N) is 1. The highest BCUT2D eigenvalue weighted by Gasteiger charge is 2.25. The average Bonchev–Trinajstić information content (AvgIpc) is 2.48. The zero-order valence-electron chi connectivity index (χ0n) is 12.2. The summed E-state index contributed by atoms with van der Waals surface area (Å²) in [6.45, 7) is 0. The zero-order chi connectivity index (χ0) is 17.2. The summed E-state index contributed by atoms with van der Waals surface area (Å²) in [5, 5.41) is 11.6. The van der Waals surface area contributed by atoms with E-state index in [1.807, 2.05) is 0 Å². The molecule has 1 aromatic rings. The van der Waals surface area contributed by atoms with Gasteiger partial charge in [0.1, 0.15) is 4.90 Å². The van der Waals surface area contributed by atoms with Gasteiger partial charge in [-0.2, -0.15) is 8.42 Å². The van der Waals surface area contributed by atoms with E-state index in [0.29, 0.717) is 12.8 Å². The Bertz CT molecular complexity index is 723. The Hall–Kier alpha value is -1.97. The fourth-order valence-corrected chi connectivity index (χ4v) is 3.30. The van der Waals surface area contributed by atoms with E-state index in [9.17, 15) is 22.6 Å². The summed E-state index contributed by atoms with van der Waals surface area (Å²) in [6.07, 6.45) is 2.88. The van der Waals surface area contributed by atoms with Crippen molar-refractivity contribution in [2.24, 2.45) is 5.73 Å². The van der Waals surface area contributed by atoms with E-state index in [4.69, 9.17) is 10.8 Å². The monoisotopic (exact) mass is 342 g/mol. The lowest BCUT2D eigenvalue weighted by Gasteiger charge is -2.27. The molecule has 1 amide bonds. The van der Waals surface area contributed by atoms with E-state index >= 15 is 0 Å². The van der Waals surface area contributed by atoms with E-state index in [0.717, 1.165) is 31.0 Å². The Labute approximate surface area is 133 Å². The molecular formula is C14H18N2O6S. The van der Waals surface area contributed by atoms with Crippen LogP contribution in [0.5, 0.6) is 0 Å². The third-order valence-electron chi connectivity index (χ3n) is 3.86. The molecular weight excluding hydrogens is 324 g/mol. The number of rotatable bonds is 4. The average molecular weight is 342 g/mol. The number of carboxylic acid groups (broad SMARTS) is 1. The summed E-state index contributed by atoms with van der Waals surface area (Å²) in [7, 11) is -4.73. The van der Waals surface area contributed by atoms with Crippen LogP contribution in [0.4, 0.5) is 0 Å². The van der Waals surface area contributed by atoms with E-state index in [1.54, 1.807) is 0 Å². The van der Waals surface area contributed by atoms with Crippen LogP contribution >= 0.6 is 0 Å². The van der Waals surface area contributed by atoms with Gasteiger partial charge < -0.3 is 16.2 Å². The predicted octanol–water partition coefficient (Wildman–Crippen LogP) is 0.631. The highest BCUT2D eigenvalue weighted by Crippen LogP contribution is 2.21. The van der Waals surface area contributed by atoms with Crippen molar-refractivity contribution in [3.05, 3.63) is 29.3 Å². The van der Waals surface area contributed by atoms with Gasteiger partial charge in [0.2, 0.25) is 0 Å². The lowest BCUT2D eigenvalue weighted by Crippen LogP contribution is -2.40. The lowest BCUT2D eigenvalue weighted by atomic mass is 9.91. The van der Waals surface area contributed by atoms with Crippen LogP contribution in [0.1, 0.15) is 46.4 Å². The first-order valence-corrected chi connectivity index (χ1v) is 8.53. The fourth-order valence-electron chi connectivity index (χ4n) is 2.58. The lowest BCUT2D eigenvalue weighted by molar-refractivity contribution is 0.0695. The maximum absolute atomic E-state index is 12.3. The van der Waals surface area contributed by atoms with Crippen molar-refractivity contribution in [3.63, 3.8) is 0 Å². The largest absolute Gasteiger partial charge is 0.478 e. The molecule has 8 nitrogen and oxygen atoms in total. The minimum absolute atomic E-state index is 0.103. The molecule has 2 rings (SSSR count). The van der Waals surface area contributed by atoms with Gasteiger partial charge in [-0.3, -0.25) is 9.35 Å². The Balaban J connectivity index is 2.27. The number of hydrogen-bond acceptors (Lipinski definition) is 5. The number of carbonyl (C=O) groups excluding carboxylic acids is 1. The van der Waals surface area contributed by atoms with Gasteiger partial charge in [0.25, 0.3) is 16.0 Å². The summed E-state index contributed by atoms with van der Waals surface area (Å²) in [5.74, 6) is -2.03. The van der Waals surface area contributed by atoms with Crippen molar-refractivity contribution in [3.8, 4) is 0 Å². The first kappa shape index (κ1) is 17.4. The predicted molar refractivity (Wildman–Crippen MR) is 80.9 cm³/mol. The molecule has 0 radical (unpaired) electrons. The van der Waals surface area contributed by atoms with Crippen LogP contribution in [0, 0.1) is 0 Å². The molecule has 23 heavy (non-hydrogen) atoms. The van der Waals surface area contributed by atoms with E-state index in [1.165, 1.54) is 0 Å². The van der Waals surface area contributed by atoms with Gasteiger partial charge in [0, 0.05) is 12.1 Å². The molecule has 0 heterocycles. The molecule has 126 valence electrons. The molecule has 0 spiro atoms. The summed E-state index contributed by atoms with van der Waals surface area (Å²) in [5.41, 5.74) is 5.16. The third kappa shape index (κ3) is 4.27. The number of hydrogen-bond donors (Lipinski definition) is 4. The molecule has 0 aromatic heterocycles. The Morgan fingerprint density at radius 3 is 2.30 bits per heavy atom. The van der Waals surface area contributed by atoms with E-state index < -0.39 is 26.9 Å². The summed E-state index contributed by atoms with van der Waals surface area (Å²) >= 11 is 0. The molecule has 1 aromatic carbocycles. The fraction of sp³-hybridized carbons (Fsp3) is 0.429. The first-order valence-electron chi connectivity index (χ1n) is 7.09. The molecule has 1 fully saturated rings. The van der Waals surface area contributed by atoms with Gasteiger partial charge in [-0.1, -0.05) is 0 Å². The second-order valence-electron chi connectivity index (χ2n) is 5.58. The van der Waals surface area contributed by atoms with Crippen LogP contribution in [0.3, 0.4) is 0 Å². The topological polar surface area (TPSA) is 147 Å².